The Morgan fingerprint density at radius 1 is 1.11 bits per heavy atom. The number of carboxylic acid groups (broad SMARTS) is 1. The van der Waals surface area contributed by atoms with E-state index < -0.39 is 29.2 Å². The van der Waals surface area contributed by atoms with E-state index in [1.54, 1.807) is 49.4 Å². The summed E-state index contributed by atoms with van der Waals surface area (Å²) in [5.41, 5.74) is 0.750. The van der Waals surface area contributed by atoms with Gasteiger partial charge in [0.25, 0.3) is 5.91 Å². The van der Waals surface area contributed by atoms with E-state index in [1.165, 1.54) is 7.11 Å². The summed E-state index contributed by atoms with van der Waals surface area (Å²) in [5, 5.41) is 19.6. The number of nitrogens with zero attached hydrogens (tertiary/aromatic N) is 1. The van der Waals surface area contributed by atoms with Crippen molar-refractivity contribution >= 4 is 52.4 Å². The fraction of sp³-hybridized carbons (Fsp3) is 0.360. The van der Waals surface area contributed by atoms with Crippen molar-refractivity contribution in [1.82, 2.24) is 5.32 Å². The highest BCUT2D eigenvalue weighted by molar-refractivity contribution is 6.40. The van der Waals surface area contributed by atoms with Gasteiger partial charge in [0.15, 0.2) is 0 Å². The zero-order chi connectivity index (χ0) is 26.3. The zero-order valence-electron chi connectivity index (χ0n) is 19.8. The molecular formula is C25H27Cl2N3O6. The first-order valence-corrected chi connectivity index (χ1v) is 12.0. The van der Waals surface area contributed by atoms with Crippen LogP contribution >= 0.6 is 23.2 Å². The Balaban J connectivity index is 1.71. The van der Waals surface area contributed by atoms with Crippen LogP contribution in [0, 0.1) is 5.41 Å². The smallest absolute Gasteiger partial charge is 0.326 e. The van der Waals surface area contributed by atoms with Gasteiger partial charge in [0, 0.05) is 25.3 Å². The molecule has 3 rings (SSSR count). The monoisotopic (exact) mass is 535 g/mol. The highest BCUT2D eigenvalue weighted by Crippen LogP contribution is 2.33. The van der Waals surface area contributed by atoms with Gasteiger partial charge in [-0.3, -0.25) is 9.59 Å². The number of hydrogen-bond donors (Lipinski definition) is 3. The second-order valence-corrected chi connectivity index (χ2v) is 9.18. The van der Waals surface area contributed by atoms with E-state index in [0.717, 1.165) is 0 Å². The van der Waals surface area contributed by atoms with Gasteiger partial charge < -0.3 is 25.3 Å². The average Bonchev–Trinajstić information content (AvgIpc) is 2.85. The summed E-state index contributed by atoms with van der Waals surface area (Å²) in [5.74, 6) is -2.07. The Kier molecular flexibility index (Phi) is 9.31. The molecule has 0 aromatic heterocycles. The van der Waals surface area contributed by atoms with Gasteiger partial charge in [0.1, 0.15) is 13.2 Å². The normalized spacial score (nSPS) is 16.1. The molecule has 3 N–H and O–H groups in total. The molecule has 0 bridgehead atoms. The number of benzene rings is 2. The SMILES string of the molecule is CON=C(C)C1(C(=O)N[C@@H](Cc2ccc(NC(=O)c3c(Cl)cccc3Cl)cc2)C(=O)O)CCOCC1. The van der Waals surface area contributed by atoms with Crippen LogP contribution in [0.25, 0.3) is 0 Å². The molecule has 1 aliphatic heterocycles. The van der Waals surface area contributed by atoms with Gasteiger partial charge in [0.2, 0.25) is 5.91 Å². The van der Waals surface area contributed by atoms with Crippen molar-refractivity contribution in [1.29, 1.82) is 0 Å². The van der Waals surface area contributed by atoms with E-state index in [1.807, 2.05) is 0 Å². The predicted octanol–water partition coefficient (Wildman–Crippen LogP) is 4.18. The maximum Gasteiger partial charge on any atom is 0.326 e. The molecule has 2 aromatic rings. The van der Waals surface area contributed by atoms with E-state index in [9.17, 15) is 19.5 Å². The van der Waals surface area contributed by atoms with Crippen molar-refractivity contribution < 1.29 is 29.1 Å². The first-order valence-electron chi connectivity index (χ1n) is 11.2. The van der Waals surface area contributed by atoms with E-state index in [2.05, 4.69) is 15.8 Å². The van der Waals surface area contributed by atoms with Crippen LogP contribution in [0.15, 0.2) is 47.6 Å². The molecule has 0 radical (unpaired) electrons. The third-order valence-corrected chi connectivity index (χ3v) is 6.78. The van der Waals surface area contributed by atoms with Crippen LogP contribution in [0.5, 0.6) is 0 Å². The van der Waals surface area contributed by atoms with Crippen LogP contribution < -0.4 is 10.6 Å². The molecule has 0 saturated carbocycles. The van der Waals surface area contributed by atoms with Crippen LogP contribution in [0.3, 0.4) is 0 Å². The fourth-order valence-corrected chi connectivity index (χ4v) is 4.63. The Morgan fingerprint density at radius 3 is 2.28 bits per heavy atom. The highest BCUT2D eigenvalue weighted by Gasteiger charge is 2.44. The molecule has 1 fully saturated rings. The number of carboxylic acids is 1. The largest absolute Gasteiger partial charge is 0.480 e. The molecule has 1 heterocycles. The van der Waals surface area contributed by atoms with E-state index in [4.69, 9.17) is 32.8 Å². The summed E-state index contributed by atoms with van der Waals surface area (Å²) in [6, 6.07) is 10.2. The number of carbonyl (C=O) groups excluding carboxylic acids is 2. The van der Waals surface area contributed by atoms with Crippen LogP contribution in [-0.4, -0.2) is 55.0 Å². The molecule has 0 aliphatic carbocycles. The van der Waals surface area contributed by atoms with Crippen LogP contribution in [0.2, 0.25) is 10.0 Å². The minimum Gasteiger partial charge on any atom is -0.480 e. The van der Waals surface area contributed by atoms with Crippen LogP contribution in [0.1, 0.15) is 35.7 Å². The van der Waals surface area contributed by atoms with Crippen molar-refractivity contribution in [3.63, 3.8) is 0 Å². The van der Waals surface area contributed by atoms with Crippen LogP contribution in [0.4, 0.5) is 5.69 Å². The molecule has 1 atom stereocenters. The molecule has 11 heteroatoms. The van der Waals surface area contributed by atoms with Gasteiger partial charge in [0.05, 0.1) is 26.7 Å². The standard InChI is InChI=1S/C25H27Cl2N3O6/c1-15(30-35-2)25(10-12-36-13-11-25)24(34)29-20(23(32)33)14-16-6-8-17(9-7-16)28-22(31)21-18(26)4-3-5-19(21)27/h3-9,20H,10-14H2,1-2H3,(H,28,31)(H,29,34)(H,32,33)/t20-/m0/s1. The summed E-state index contributed by atoms with van der Waals surface area (Å²) < 4.78 is 5.39. The molecular weight excluding hydrogens is 509 g/mol. The van der Waals surface area contributed by atoms with Crippen molar-refractivity contribution in [2.75, 3.05) is 25.6 Å². The molecule has 9 nitrogen and oxygen atoms in total. The molecule has 1 saturated heterocycles. The van der Waals surface area contributed by atoms with E-state index in [0.29, 0.717) is 43.0 Å². The quantitative estimate of drug-likeness (QED) is 0.326. The number of anilines is 1. The predicted molar refractivity (Wildman–Crippen MR) is 137 cm³/mol. The Labute approximate surface area is 218 Å². The number of hydrogen-bond acceptors (Lipinski definition) is 6. The van der Waals surface area contributed by atoms with Crippen LogP contribution in [-0.2, 0) is 25.6 Å². The lowest BCUT2D eigenvalue weighted by Gasteiger charge is -2.36. The number of ether oxygens (including phenoxy) is 1. The minimum atomic E-state index is -1.17. The molecule has 2 aromatic carbocycles. The minimum absolute atomic E-state index is 0.0404. The Bertz CT molecular complexity index is 1130. The molecule has 36 heavy (non-hydrogen) atoms. The third-order valence-electron chi connectivity index (χ3n) is 6.15. The third kappa shape index (κ3) is 6.34. The average molecular weight is 536 g/mol. The lowest BCUT2D eigenvalue weighted by Crippen LogP contribution is -2.54. The molecule has 1 aliphatic rings. The van der Waals surface area contributed by atoms with Gasteiger partial charge in [-0.15, -0.1) is 0 Å². The van der Waals surface area contributed by atoms with Crippen molar-refractivity contribution in [3.05, 3.63) is 63.6 Å². The summed E-state index contributed by atoms with van der Waals surface area (Å²) in [4.78, 5) is 42.7. The summed E-state index contributed by atoms with van der Waals surface area (Å²) in [7, 11) is 1.39. The van der Waals surface area contributed by atoms with Crippen molar-refractivity contribution in [2.24, 2.45) is 10.6 Å². The number of oxime groups is 1. The fourth-order valence-electron chi connectivity index (χ4n) is 4.06. The first-order chi connectivity index (χ1) is 17.2. The number of halogens is 2. The lowest BCUT2D eigenvalue weighted by atomic mass is 9.75. The number of rotatable bonds is 9. The Morgan fingerprint density at radius 2 is 1.72 bits per heavy atom. The summed E-state index contributed by atoms with van der Waals surface area (Å²) >= 11 is 12.2. The topological polar surface area (TPSA) is 126 Å². The maximum absolute atomic E-state index is 13.3. The Hall–Kier alpha value is -3.14. The van der Waals surface area contributed by atoms with Gasteiger partial charge in [-0.2, -0.15) is 0 Å². The van der Waals surface area contributed by atoms with E-state index in [-0.39, 0.29) is 22.0 Å². The zero-order valence-corrected chi connectivity index (χ0v) is 21.4. The second-order valence-electron chi connectivity index (χ2n) is 8.37. The first kappa shape index (κ1) is 27.4. The summed E-state index contributed by atoms with van der Waals surface area (Å²) in [6.45, 7) is 2.40. The second kappa shape index (κ2) is 12.2. The van der Waals surface area contributed by atoms with Gasteiger partial charge in [-0.1, -0.05) is 46.6 Å². The highest BCUT2D eigenvalue weighted by atomic mass is 35.5. The molecule has 2 amide bonds. The number of carbonyl (C=O) groups is 3. The van der Waals surface area contributed by atoms with Gasteiger partial charge in [-0.05, 0) is 49.6 Å². The number of aliphatic carboxylic acids is 1. The molecule has 0 unspecified atom stereocenters. The number of amides is 2. The van der Waals surface area contributed by atoms with Crippen molar-refractivity contribution in [3.8, 4) is 0 Å². The maximum atomic E-state index is 13.3. The molecule has 0 spiro atoms. The van der Waals surface area contributed by atoms with E-state index >= 15 is 0 Å². The van der Waals surface area contributed by atoms with Crippen molar-refractivity contribution in [2.45, 2.75) is 32.2 Å². The van der Waals surface area contributed by atoms with Gasteiger partial charge >= 0.3 is 5.97 Å². The lowest BCUT2D eigenvalue weighted by molar-refractivity contribution is -0.144. The van der Waals surface area contributed by atoms with Gasteiger partial charge in [-0.25, -0.2) is 4.79 Å². The number of nitrogens with one attached hydrogen (secondary N) is 2. The molecule has 192 valence electrons. The summed E-state index contributed by atoms with van der Waals surface area (Å²) in [6.07, 6.45) is 0.778.